The van der Waals surface area contributed by atoms with Crippen LogP contribution in [0.2, 0.25) is 0 Å². The van der Waals surface area contributed by atoms with E-state index < -0.39 is 9.84 Å². The highest BCUT2D eigenvalue weighted by atomic mass is 32.2. The number of fused-ring (bicyclic) bond motifs is 1. The first kappa shape index (κ1) is 19.9. The zero-order valence-corrected chi connectivity index (χ0v) is 17.2. The van der Waals surface area contributed by atoms with Crippen molar-refractivity contribution in [3.05, 3.63) is 59.9 Å². The highest BCUT2D eigenvalue weighted by molar-refractivity contribution is 8.16. The molecule has 29 heavy (non-hydrogen) atoms. The molecule has 2 fully saturated rings. The van der Waals surface area contributed by atoms with Crippen LogP contribution >= 0.6 is 11.8 Å². The van der Waals surface area contributed by atoms with Gasteiger partial charge in [0.05, 0.1) is 31.1 Å². The SMILES string of the molecule is COc1ccc(N2C(=NC(=O)Cc3ccc(F)cc3)S[C@H]3CS(=O)(=O)C[C@@H]32)cc1. The number of anilines is 1. The van der Waals surface area contributed by atoms with Crippen LogP contribution in [-0.4, -0.2) is 49.4 Å². The molecule has 9 heteroatoms. The molecule has 4 rings (SSSR count). The number of carbonyl (C=O) groups excluding carboxylic acids is 1. The predicted molar refractivity (Wildman–Crippen MR) is 112 cm³/mol. The van der Waals surface area contributed by atoms with E-state index in [1.54, 1.807) is 31.4 Å². The predicted octanol–water partition coefficient (Wildman–Crippen LogP) is 2.68. The van der Waals surface area contributed by atoms with Gasteiger partial charge in [-0.25, -0.2) is 12.8 Å². The van der Waals surface area contributed by atoms with Crippen molar-refractivity contribution in [2.45, 2.75) is 17.7 Å². The highest BCUT2D eigenvalue weighted by Gasteiger charge is 2.49. The van der Waals surface area contributed by atoms with Crippen LogP contribution in [-0.2, 0) is 21.1 Å². The van der Waals surface area contributed by atoms with E-state index in [1.807, 2.05) is 17.0 Å². The van der Waals surface area contributed by atoms with E-state index >= 15 is 0 Å². The summed E-state index contributed by atoms with van der Waals surface area (Å²) in [4.78, 5) is 18.6. The molecular weight excluding hydrogens is 415 g/mol. The van der Waals surface area contributed by atoms with Gasteiger partial charge >= 0.3 is 0 Å². The molecule has 2 saturated heterocycles. The van der Waals surface area contributed by atoms with Gasteiger partial charge in [-0.3, -0.25) is 4.79 Å². The number of benzene rings is 2. The van der Waals surface area contributed by atoms with Gasteiger partial charge in [0.2, 0.25) is 0 Å². The zero-order chi connectivity index (χ0) is 20.6. The molecule has 2 heterocycles. The van der Waals surface area contributed by atoms with Crippen molar-refractivity contribution in [3.63, 3.8) is 0 Å². The maximum absolute atomic E-state index is 13.1. The van der Waals surface area contributed by atoms with Gasteiger partial charge in [0, 0.05) is 10.9 Å². The van der Waals surface area contributed by atoms with Crippen LogP contribution in [0.4, 0.5) is 10.1 Å². The van der Waals surface area contributed by atoms with E-state index in [2.05, 4.69) is 4.99 Å². The quantitative estimate of drug-likeness (QED) is 0.737. The summed E-state index contributed by atoms with van der Waals surface area (Å²) in [5, 5.41) is 0.326. The number of halogens is 1. The molecule has 2 aromatic carbocycles. The summed E-state index contributed by atoms with van der Waals surface area (Å²) in [6.07, 6.45) is 0.0500. The standard InChI is InChI=1S/C20H19FN2O4S2/c1-27-16-8-6-15(7-9-16)23-17-11-29(25,26)12-18(17)28-20(23)22-19(24)10-13-2-4-14(21)5-3-13/h2-9,17-18H,10-12H2,1H3/t17-,18-/m0/s1. The minimum absolute atomic E-state index is 0.0296. The van der Waals surface area contributed by atoms with E-state index in [1.165, 1.54) is 23.9 Å². The topological polar surface area (TPSA) is 76.0 Å². The lowest BCUT2D eigenvalue weighted by atomic mass is 10.1. The lowest BCUT2D eigenvalue weighted by Crippen LogP contribution is -2.37. The van der Waals surface area contributed by atoms with E-state index in [-0.39, 0.29) is 40.9 Å². The fraction of sp³-hybridized carbons (Fsp3) is 0.300. The van der Waals surface area contributed by atoms with Crippen molar-refractivity contribution in [2.24, 2.45) is 4.99 Å². The Morgan fingerprint density at radius 1 is 1.17 bits per heavy atom. The van der Waals surface area contributed by atoms with Gasteiger partial charge in [-0.2, -0.15) is 4.99 Å². The van der Waals surface area contributed by atoms with Gasteiger partial charge in [-0.15, -0.1) is 0 Å². The van der Waals surface area contributed by atoms with Crippen molar-refractivity contribution in [1.82, 2.24) is 0 Å². The minimum Gasteiger partial charge on any atom is -0.497 e. The van der Waals surface area contributed by atoms with Gasteiger partial charge in [0.25, 0.3) is 5.91 Å². The number of amidine groups is 1. The monoisotopic (exact) mass is 434 g/mol. The number of thioether (sulfide) groups is 1. The van der Waals surface area contributed by atoms with E-state index in [4.69, 9.17) is 4.74 Å². The second kappa shape index (κ2) is 7.79. The second-order valence-corrected chi connectivity index (χ2v) is 10.3. The Bertz CT molecular complexity index is 1050. The Balaban J connectivity index is 1.62. The summed E-state index contributed by atoms with van der Waals surface area (Å²) in [5.41, 5.74) is 1.43. The number of amides is 1. The molecule has 1 amide bonds. The van der Waals surface area contributed by atoms with Crippen LogP contribution in [0.1, 0.15) is 5.56 Å². The number of ether oxygens (including phenoxy) is 1. The van der Waals surface area contributed by atoms with Crippen LogP contribution in [0.3, 0.4) is 0 Å². The van der Waals surface area contributed by atoms with Crippen LogP contribution in [0.5, 0.6) is 5.75 Å². The number of methoxy groups -OCH3 is 1. The Kier molecular flexibility index (Phi) is 5.35. The summed E-state index contributed by atoms with van der Waals surface area (Å²) < 4.78 is 42.5. The van der Waals surface area contributed by atoms with Crippen LogP contribution in [0.15, 0.2) is 53.5 Å². The summed E-state index contributed by atoms with van der Waals surface area (Å²) in [6, 6.07) is 12.7. The number of aliphatic imine (C=N–C) groups is 1. The summed E-state index contributed by atoms with van der Waals surface area (Å²) in [6.45, 7) is 0. The van der Waals surface area contributed by atoms with Crippen LogP contribution < -0.4 is 9.64 Å². The number of carbonyl (C=O) groups is 1. The van der Waals surface area contributed by atoms with E-state index in [0.717, 1.165) is 5.69 Å². The molecule has 2 aliphatic rings. The Hall–Kier alpha value is -2.39. The third-order valence-corrected chi connectivity index (χ3v) is 8.12. The first-order valence-corrected chi connectivity index (χ1v) is 11.7. The lowest BCUT2D eigenvalue weighted by molar-refractivity contribution is -0.117. The smallest absolute Gasteiger partial charge is 0.252 e. The van der Waals surface area contributed by atoms with Crippen molar-refractivity contribution in [2.75, 3.05) is 23.5 Å². The average Bonchev–Trinajstić information content (AvgIpc) is 3.14. The molecule has 0 bridgehead atoms. The number of rotatable bonds is 4. The first-order chi connectivity index (χ1) is 13.8. The second-order valence-electron chi connectivity index (χ2n) is 6.96. The summed E-state index contributed by atoms with van der Waals surface area (Å²) in [5.74, 6) is 0.0586. The molecule has 0 aliphatic carbocycles. The third kappa shape index (κ3) is 4.30. The summed E-state index contributed by atoms with van der Waals surface area (Å²) in [7, 11) is -1.56. The van der Waals surface area contributed by atoms with E-state index in [9.17, 15) is 17.6 Å². The summed E-state index contributed by atoms with van der Waals surface area (Å²) >= 11 is 1.32. The minimum atomic E-state index is -3.13. The fourth-order valence-corrected chi connectivity index (χ4v) is 7.46. The molecule has 2 atom stereocenters. The number of sulfone groups is 1. The number of hydrogen-bond donors (Lipinski definition) is 0. The van der Waals surface area contributed by atoms with Crippen molar-refractivity contribution in [1.29, 1.82) is 0 Å². The average molecular weight is 435 g/mol. The van der Waals surface area contributed by atoms with Gasteiger partial charge in [-0.05, 0) is 42.0 Å². The molecule has 0 spiro atoms. The maximum atomic E-state index is 13.1. The van der Waals surface area contributed by atoms with Crippen molar-refractivity contribution < 1.29 is 22.3 Å². The third-order valence-electron chi connectivity index (χ3n) is 4.91. The van der Waals surface area contributed by atoms with Crippen LogP contribution in [0, 0.1) is 5.82 Å². The molecular formula is C20H19FN2O4S2. The first-order valence-electron chi connectivity index (χ1n) is 9.01. The molecule has 0 unspecified atom stereocenters. The highest BCUT2D eigenvalue weighted by Crippen LogP contribution is 2.41. The van der Waals surface area contributed by atoms with Gasteiger partial charge < -0.3 is 9.64 Å². The fourth-order valence-electron chi connectivity index (χ4n) is 3.53. The Labute approximate surface area is 172 Å². The molecule has 0 aromatic heterocycles. The Morgan fingerprint density at radius 2 is 1.86 bits per heavy atom. The van der Waals surface area contributed by atoms with Gasteiger partial charge in [-0.1, -0.05) is 23.9 Å². The number of nitrogens with zero attached hydrogens (tertiary/aromatic N) is 2. The van der Waals surface area contributed by atoms with Gasteiger partial charge in [0.1, 0.15) is 11.6 Å². The Morgan fingerprint density at radius 3 is 2.52 bits per heavy atom. The normalized spacial score (nSPS) is 23.9. The molecule has 2 aliphatic heterocycles. The zero-order valence-electron chi connectivity index (χ0n) is 15.6. The molecule has 0 saturated carbocycles. The molecule has 6 nitrogen and oxygen atoms in total. The molecule has 0 radical (unpaired) electrons. The number of hydrogen-bond acceptors (Lipinski definition) is 5. The molecule has 0 N–H and O–H groups in total. The molecule has 2 aromatic rings. The van der Waals surface area contributed by atoms with Crippen molar-refractivity contribution in [3.8, 4) is 5.75 Å². The van der Waals surface area contributed by atoms with Crippen molar-refractivity contribution >= 4 is 38.4 Å². The molecule has 152 valence electrons. The lowest BCUT2D eigenvalue weighted by Gasteiger charge is -2.24. The largest absolute Gasteiger partial charge is 0.497 e. The van der Waals surface area contributed by atoms with Gasteiger partial charge in [0.15, 0.2) is 15.0 Å². The maximum Gasteiger partial charge on any atom is 0.252 e. The van der Waals surface area contributed by atoms with E-state index in [0.29, 0.717) is 16.5 Å². The van der Waals surface area contributed by atoms with Crippen LogP contribution in [0.25, 0.3) is 0 Å².